The number of hydrogen-bond donors (Lipinski definition) is 0. The van der Waals surface area contributed by atoms with Gasteiger partial charge >= 0.3 is 0 Å². The zero-order valence-corrected chi connectivity index (χ0v) is 14.2. The molecule has 1 aliphatic carbocycles. The van der Waals surface area contributed by atoms with Gasteiger partial charge in [-0.1, -0.05) is 43.2 Å². The molecular formula is C21H24O2. The molecule has 0 aliphatic heterocycles. The molecule has 23 heavy (non-hydrogen) atoms. The van der Waals surface area contributed by atoms with Crippen molar-refractivity contribution < 1.29 is 9.47 Å². The van der Waals surface area contributed by atoms with Crippen molar-refractivity contribution >= 4 is 5.57 Å². The highest BCUT2D eigenvalue weighted by atomic mass is 16.5. The zero-order chi connectivity index (χ0) is 16.2. The van der Waals surface area contributed by atoms with Crippen LogP contribution in [0.5, 0.6) is 11.5 Å². The normalized spacial score (nSPS) is 13.2. The van der Waals surface area contributed by atoms with Gasteiger partial charge in [-0.2, -0.15) is 0 Å². The second-order valence-electron chi connectivity index (χ2n) is 5.98. The maximum Gasteiger partial charge on any atom is 0.130 e. The van der Waals surface area contributed by atoms with Gasteiger partial charge in [0.1, 0.15) is 11.5 Å². The van der Waals surface area contributed by atoms with E-state index >= 15 is 0 Å². The van der Waals surface area contributed by atoms with E-state index in [0.717, 1.165) is 24.3 Å². The van der Waals surface area contributed by atoms with Crippen molar-refractivity contribution in [3.05, 3.63) is 64.7 Å². The molecule has 0 amide bonds. The summed E-state index contributed by atoms with van der Waals surface area (Å²) in [5, 5.41) is 0. The van der Waals surface area contributed by atoms with Crippen LogP contribution < -0.4 is 9.47 Å². The van der Waals surface area contributed by atoms with Crippen LogP contribution in [0.2, 0.25) is 0 Å². The van der Waals surface area contributed by atoms with Gasteiger partial charge in [-0.05, 0) is 48.1 Å². The van der Waals surface area contributed by atoms with Crippen LogP contribution in [0.1, 0.15) is 42.9 Å². The first-order valence-corrected chi connectivity index (χ1v) is 8.31. The summed E-state index contributed by atoms with van der Waals surface area (Å²) in [6.45, 7) is 2.25. The third-order valence-electron chi connectivity index (χ3n) is 4.55. The smallest absolute Gasteiger partial charge is 0.130 e. The molecule has 0 unspecified atom stereocenters. The van der Waals surface area contributed by atoms with Gasteiger partial charge in [0.05, 0.1) is 14.2 Å². The number of allylic oxidation sites excluding steroid dienone is 1. The molecule has 0 bridgehead atoms. The molecule has 3 rings (SSSR count). The van der Waals surface area contributed by atoms with Crippen molar-refractivity contribution in [2.24, 2.45) is 0 Å². The minimum atomic E-state index is 0.826. The third-order valence-corrected chi connectivity index (χ3v) is 4.55. The van der Waals surface area contributed by atoms with E-state index in [4.69, 9.17) is 9.47 Å². The van der Waals surface area contributed by atoms with Crippen LogP contribution in [0.3, 0.4) is 0 Å². The molecule has 2 aromatic rings. The van der Waals surface area contributed by atoms with Gasteiger partial charge < -0.3 is 9.47 Å². The fraction of sp³-hybridized carbons (Fsp3) is 0.333. The monoisotopic (exact) mass is 308 g/mol. The number of methoxy groups -OCH3 is 2. The lowest BCUT2D eigenvalue weighted by Gasteiger charge is -2.14. The molecule has 0 N–H and O–H groups in total. The first kappa shape index (κ1) is 15.7. The highest BCUT2D eigenvalue weighted by molar-refractivity contribution is 5.89. The average molecular weight is 308 g/mol. The summed E-state index contributed by atoms with van der Waals surface area (Å²) >= 11 is 0. The van der Waals surface area contributed by atoms with E-state index in [1.165, 1.54) is 40.7 Å². The van der Waals surface area contributed by atoms with Crippen molar-refractivity contribution in [3.8, 4) is 11.5 Å². The lowest BCUT2D eigenvalue weighted by atomic mass is 9.95. The standard InChI is InChI=1S/C21H24O2/c1-4-5-8-16-13-15-9-6-7-10-18(15)21(16)19-12-11-17(22-2)14-20(19)23-3/h6-7,9-12,14H,4-5,8,13H2,1-3H3. The summed E-state index contributed by atoms with van der Waals surface area (Å²) in [5.41, 5.74) is 6.82. The highest BCUT2D eigenvalue weighted by Crippen LogP contribution is 2.43. The molecule has 0 fully saturated rings. The second-order valence-corrected chi connectivity index (χ2v) is 5.98. The molecule has 0 spiro atoms. The van der Waals surface area contributed by atoms with Crippen molar-refractivity contribution in [2.45, 2.75) is 32.6 Å². The van der Waals surface area contributed by atoms with E-state index in [2.05, 4.69) is 37.3 Å². The maximum absolute atomic E-state index is 5.65. The molecule has 1 aliphatic rings. The Kier molecular flexibility index (Phi) is 4.71. The minimum Gasteiger partial charge on any atom is -0.497 e. The van der Waals surface area contributed by atoms with Gasteiger partial charge in [-0.3, -0.25) is 0 Å². The summed E-state index contributed by atoms with van der Waals surface area (Å²) < 4.78 is 11.0. The van der Waals surface area contributed by atoms with Gasteiger partial charge in [0.2, 0.25) is 0 Å². The molecule has 0 saturated carbocycles. The Hall–Kier alpha value is -2.22. The molecule has 0 heterocycles. The molecule has 2 heteroatoms. The SMILES string of the molecule is CCCCC1=C(c2ccc(OC)cc2OC)c2ccccc2C1. The highest BCUT2D eigenvalue weighted by Gasteiger charge is 2.24. The fourth-order valence-corrected chi connectivity index (χ4v) is 3.37. The van der Waals surface area contributed by atoms with Gasteiger partial charge in [-0.25, -0.2) is 0 Å². The Morgan fingerprint density at radius 2 is 1.78 bits per heavy atom. The molecule has 0 radical (unpaired) electrons. The Balaban J connectivity index is 2.13. The maximum atomic E-state index is 5.65. The van der Waals surface area contributed by atoms with E-state index in [-0.39, 0.29) is 0 Å². The summed E-state index contributed by atoms with van der Waals surface area (Å²) in [6.07, 6.45) is 4.65. The summed E-state index contributed by atoms with van der Waals surface area (Å²) in [7, 11) is 3.41. The van der Waals surface area contributed by atoms with E-state index in [1.807, 2.05) is 12.1 Å². The van der Waals surface area contributed by atoms with Crippen LogP contribution in [0.15, 0.2) is 48.0 Å². The van der Waals surface area contributed by atoms with E-state index in [9.17, 15) is 0 Å². The molecular weight excluding hydrogens is 284 g/mol. The van der Waals surface area contributed by atoms with Crippen LogP contribution >= 0.6 is 0 Å². The Bertz CT molecular complexity index is 728. The molecule has 2 aromatic carbocycles. The van der Waals surface area contributed by atoms with Crippen LogP contribution in [0, 0.1) is 0 Å². The summed E-state index contributed by atoms with van der Waals surface area (Å²) in [5.74, 6) is 1.71. The number of hydrogen-bond acceptors (Lipinski definition) is 2. The molecule has 0 aromatic heterocycles. The predicted octanol–water partition coefficient (Wildman–Crippen LogP) is 5.25. The van der Waals surface area contributed by atoms with Crippen molar-refractivity contribution in [1.29, 1.82) is 0 Å². The largest absolute Gasteiger partial charge is 0.497 e. The quantitative estimate of drug-likeness (QED) is 0.725. The van der Waals surface area contributed by atoms with Crippen LogP contribution in [0.4, 0.5) is 0 Å². The summed E-state index contributed by atoms with van der Waals surface area (Å²) in [4.78, 5) is 0. The number of fused-ring (bicyclic) bond motifs is 1. The van der Waals surface area contributed by atoms with Gasteiger partial charge in [0.25, 0.3) is 0 Å². The van der Waals surface area contributed by atoms with Gasteiger partial charge in [0.15, 0.2) is 0 Å². The first-order valence-electron chi connectivity index (χ1n) is 8.31. The van der Waals surface area contributed by atoms with Gasteiger partial charge in [-0.15, -0.1) is 0 Å². The van der Waals surface area contributed by atoms with Crippen molar-refractivity contribution in [2.75, 3.05) is 14.2 Å². The van der Waals surface area contributed by atoms with Crippen molar-refractivity contribution in [3.63, 3.8) is 0 Å². The Morgan fingerprint density at radius 1 is 0.957 bits per heavy atom. The fourth-order valence-electron chi connectivity index (χ4n) is 3.37. The molecule has 0 atom stereocenters. The molecule has 120 valence electrons. The number of rotatable bonds is 6. The van der Waals surface area contributed by atoms with Crippen LogP contribution in [-0.2, 0) is 6.42 Å². The topological polar surface area (TPSA) is 18.5 Å². The Morgan fingerprint density at radius 3 is 2.52 bits per heavy atom. The van der Waals surface area contributed by atoms with E-state index < -0.39 is 0 Å². The number of benzene rings is 2. The first-order chi connectivity index (χ1) is 11.3. The zero-order valence-electron chi connectivity index (χ0n) is 14.2. The average Bonchev–Trinajstić information content (AvgIpc) is 2.97. The van der Waals surface area contributed by atoms with Crippen molar-refractivity contribution in [1.82, 2.24) is 0 Å². The van der Waals surface area contributed by atoms with E-state index in [0.29, 0.717) is 0 Å². The predicted molar refractivity (Wildman–Crippen MR) is 95.2 cm³/mol. The van der Waals surface area contributed by atoms with Crippen LogP contribution in [0.25, 0.3) is 5.57 Å². The lowest BCUT2D eigenvalue weighted by molar-refractivity contribution is 0.393. The Labute approximate surface area is 138 Å². The number of ether oxygens (including phenoxy) is 2. The van der Waals surface area contributed by atoms with Gasteiger partial charge in [0, 0.05) is 11.6 Å². The summed E-state index contributed by atoms with van der Waals surface area (Å²) in [6, 6.07) is 14.8. The molecule has 2 nitrogen and oxygen atoms in total. The third kappa shape index (κ3) is 2.98. The number of unbranched alkanes of at least 4 members (excludes halogenated alkanes) is 1. The molecule has 0 saturated heterocycles. The minimum absolute atomic E-state index is 0.826. The lowest BCUT2D eigenvalue weighted by Crippen LogP contribution is -1.95. The van der Waals surface area contributed by atoms with Crippen LogP contribution in [-0.4, -0.2) is 14.2 Å². The van der Waals surface area contributed by atoms with E-state index in [1.54, 1.807) is 14.2 Å². The second kappa shape index (κ2) is 6.91.